The lowest BCUT2D eigenvalue weighted by Gasteiger charge is -2.31. The van der Waals surface area contributed by atoms with Gasteiger partial charge in [0.05, 0.1) is 30.4 Å². The molecule has 4 heterocycles. The Hall–Kier alpha value is -4.12. The predicted octanol–water partition coefficient (Wildman–Crippen LogP) is 5.02. The maximum absolute atomic E-state index is 12.9. The summed E-state index contributed by atoms with van der Waals surface area (Å²) in [6, 6.07) is 11.7. The van der Waals surface area contributed by atoms with E-state index in [4.69, 9.17) is 9.84 Å². The normalized spacial score (nSPS) is 13.6. The van der Waals surface area contributed by atoms with Crippen LogP contribution in [0.3, 0.4) is 0 Å². The zero-order valence-corrected chi connectivity index (χ0v) is 19.7. The molecular weight excluding hydrogens is 428 g/mol. The lowest BCUT2D eigenvalue weighted by molar-refractivity contribution is 0.0195. The van der Waals surface area contributed by atoms with Crippen LogP contribution in [0.1, 0.15) is 37.6 Å². The smallest absolute Gasteiger partial charge is 0.410 e. The van der Waals surface area contributed by atoms with Crippen molar-refractivity contribution < 1.29 is 9.53 Å². The number of nitriles is 1. The average Bonchev–Trinajstić information content (AvgIpc) is 3.38. The summed E-state index contributed by atoms with van der Waals surface area (Å²) in [7, 11) is 0. The van der Waals surface area contributed by atoms with Crippen molar-refractivity contribution in [2.24, 2.45) is 0 Å². The van der Waals surface area contributed by atoms with Gasteiger partial charge < -0.3 is 14.6 Å². The summed E-state index contributed by atoms with van der Waals surface area (Å²) in [5.74, 6) is 0. The number of carbonyl (C=O) groups excluding carboxylic acids is 1. The van der Waals surface area contributed by atoms with Crippen molar-refractivity contribution in [3.8, 4) is 28.5 Å². The van der Waals surface area contributed by atoms with Gasteiger partial charge in [-0.15, -0.1) is 0 Å². The van der Waals surface area contributed by atoms with Crippen LogP contribution in [-0.2, 0) is 17.8 Å². The molecule has 1 aliphatic heterocycles. The number of carbonyl (C=O) groups is 1. The highest BCUT2D eigenvalue weighted by Crippen LogP contribution is 2.40. The van der Waals surface area contributed by atoms with Crippen molar-refractivity contribution >= 4 is 17.1 Å². The minimum absolute atomic E-state index is 0.336. The number of H-pyrrole nitrogens is 1. The van der Waals surface area contributed by atoms with Crippen molar-refractivity contribution in [3.63, 3.8) is 0 Å². The fourth-order valence-corrected chi connectivity index (χ4v) is 4.45. The van der Waals surface area contributed by atoms with Crippen molar-refractivity contribution in [2.45, 2.75) is 46.4 Å². The Balaban J connectivity index is 1.70. The van der Waals surface area contributed by atoms with E-state index < -0.39 is 5.60 Å². The number of ether oxygens (including phenoxy) is 1. The van der Waals surface area contributed by atoms with E-state index in [9.17, 15) is 10.1 Å². The summed E-state index contributed by atoms with van der Waals surface area (Å²) in [5, 5.41) is 15.4. The van der Waals surface area contributed by atoms with Crippen LogP contribution in [0.2, 0.25) is 0 Å². The molecule has 1 amide bonds. The molecule has 4 aromatic rings. The van der Waals surface area contributed by atoms with Crippen LogP contribution in [0.25, 0.3) is 33.4 Å². The predicted molar refractivity (Wildman–Crippen MR) is 129 cm³/mol. The molecule has 0 radical (unpaired) electrons. The highest BCUT2D eigenvalue weighted by molar-refractivity contribution is 6.00. The first-order valence-corrected chi connectivity index (χ1v) is 11.3. The summed E-state index contributed by atoms with van der Waals surface area (Å²) in [6.45, 7) is 9.09. The molecule has 0 atom stereocenters. The topological polar surface area (TPSA) is 99.8 Å². The van der Waals surface area contributed by atoms with Crippen molar-refractivity contribution in [2.75, 3.05) is 6.54 Å². The van der Waals surface area contributed by atoms with Crippen molar-refractivity contribution in [3.05, 3.63) is 59.5 Å². The van der Waals surface area contributed by atoms with Crippen molar-refractivity contribution in [1.82, 2.24) is 24.6 Å². The number of hydrogen-bond donors (Lipinski definition) is 1. The Morgan fingerprint density at radius 1 is 1.24 bits per heavy atom. The number of aromatic nitrogens is 4. The van der Waals surface area contributed by atoms with Gasteiger partial charge >= 0.3 is 6.09 Å². The minimum atomic E-state index is -0.569. The molecule has 1 aliphatic rings. The second kappa shape index (κ2) is 8.03. The lowest BCUT2D eigenvalue weighted by Crippen LogP contribution is -2.41. The van der Waals surface area contributed by atoms with Gasteiger partial charge in [-0.1, -0.05) is 12.1 Å². The SMILES string of the molecule is Cc1c[nH]c2nccc(-c3c(-c4cccc(C#N)c4)nn4c3CN(C(=O)OC(C)(C)C)CC4)c12. The van der Waals surface area contributed by atoms with E-state index in [0.717, 1.165) is 44.7 Å². The van der Waals surface area contributed by atoms with Gasteiger partial charge in [-0.05, 0) is 57.0 Å². The molecule has 8 heteroatoms. The number of aromatic amines is 1. The standard InChI is InChI=1S/C26H26N6O2/c1-16-14-29-24-21(16)19(8-9-28-24)22-20-15-31(25(33)34-26(2,3)4)10-11-32(20)30-23(22)18-7-5-6-17(12-18)13-27/h5-9,12,14H,10-11,15H2,1-4H3,(H,28,29). The van der Waals surface area contributed by atoms with Gasteiger partial charge in [-0.3, -0.25) is 4.68 Å². The first-order valence-electron chi connectivity index (χ1n) is 11.3. The van der Waals surface area contributed by atoms with Gasteiger partial charge in [0.25, 0.3) is 0 Å². The minimum Gasteiger partial charge on any atom is -0.444 e. The molecule has 0 bridgehead atoms. The zero-order chi connectivity index (χ0) is 24.0. The molecule has 0 spiro atoms. The average molecular weight is 455 g/mol. The first-order chi connectivity index (χ1) is 16.2. The van der Waals surface area contributed by atoms with Gasteiger partial charge in [0.2, 0.25) is 0 Å². The van der Waals surface area contributed by atoms with Crippen LogP contribution in [0.15, 0.2) is 42.7 Å². The van der Waals surface area contributed by atoms with Crippen LogP contribution in [0.5, 0.6) is 0 Å². The molecule has 0 fully saturated rings. The number of aryl methyl sites for hydroxylation is 1. The first kappa shape index (κ1) is 21.7. The van der Waals surface area contributed by atoms with Crippen LogP contribution in [0.4, 0.5) is 4.79 Å². The number of hydrogen-bond acceptors (Lipinski definition) is 5. The highest BCUT2D eigenvalue weighted by Gasteiger charge is 2.31. The van der Waals surface area contributed by atoms with E-state index in [1.54, 1.807) is 17.2 Å². The Morgan fingerprint density at radius 3 is 2.82 bits per heavy atom. The number of amides is 1. The fraction of sp³-hybridized carbons (Fsp3) is 0.308. The Bertz CT molecular complexity index is 1450. The van der Waals surface area contributed by atoms with Crippen LogP contribution < -0.4 is 0 Å². The molecule has 0 unspecified atom stereocenters. The summed E-state index contributed by atoms with van der Waals surface area (Å²) in [6.07, 6.45) is 3.39. The Morgan fingerprint density at radius 2 is 2.06 bits per heavy atom. The number of nitrogens with one attached hydrogen (secondary N) is 1. The number of benzene rings is 1. The van der Waals surface area contributed by atoms with Gasteiger partial charge in [-0.2, -0.15) is 10.4 Å². The van der Waals surface area contributed by atoms with Gasteiger partial charge in [0.15, 0.2) is 0 Å². The van der Waals surface area contributed by atoms with E-state index in [2.05, 4.69) is 16.0 Å². The van der Waals surface area contributed by atoms with Crippen LogP contribution in [-0.4, -0.2) is 42.9 Å². The molecule has 3 aromatic heterocycles. The fourth-order valence-electron chi connectivity index (χ4n) is 4.45. The Kier molecular flexibility index (Phi) is 5.13. The summed E-state index contributed by atoms with van der Waals surface area (Å²) >= 11 is 0. The van der Waals surface area contributed by atoms with Gasteiger partial charge in [0, 0.05) is 35.5 Å². The molecule has 34 heavy (non-hydrogen) atoms. The molecule has 5 rings (SSSR count). The van der Waals surface area contributed by atoms with Gasteiger partial charge in [0.1, 0.15) is 16.9 Å². The number of rotatable bonds is 2. The molecule has 1 N–H and O–H groups in total. The quantitative estimate of drug-likeness (QED) is 0.458. The molecule has 8 nitrogen and oxygen atoms in total. The number of nitrogens with zero attached hydrogens (tertiary/aromatic N) is 5. The van der Waals surface area contributed by atoms with Crippen molar-refractivity contribution in [1.29, 1.82) is 5.26 Å². The van der Waals surface area contributed by atoms with Crippen LogP contribution >= 0.6 is 0 Å². The van der Waals surface area contributed by atoms with Crippen LogP contribution in [0, 0.1) is 18.3 Å². The molecule has 1 aromatic carbocycles. The molecule has 172 valence electrons. The third kappa shape index (κ3) is 3.79. The van der Waals surface area contributed by atoms with E-state index in [1.807, 2.05) is 62.8 Å². The largest absolute Gasteiger partial charge is 0.444 e. The third-order valence-corrected chi connectivity index (χ3v) is 5.94. The molecular formula is C26H26N6O2. The van der Waals surface area contributed by atoms with E-state index in [-0.39, 0.29) is 6.09 Å². The van der Waals surface area contributed by atoms with E-state index in [1.165, 1.54) is 0 Å². The van der Waals surface area contributed by atoms with Gasteiger partial charge in [-0.25, -0.2) is 9.78 Å². The molecule has 0 aliphatic carbocycles. The second-order valence-corrected chi connectivity index (χ2v) is 9.54. The summed E-state index contributed by atoms with van der Waals surface area (Å²) < 4.78 is 7.61. The monoisotopic (exact) mass is 454 g/mol. The molecule has 0 saturated heterocycles. The lowest BCUT2D eigenvalue weighted by atomic mass is 9.95. The summed E-state index contributed by atoms with van der Waals surface area (Å²) in [5.41, 5.74) is 6.39. The van der Waals surface area contributed by atoms with E-state index in [0.29, 0.717) is 25.2 Å². The zero-order valence-electron chi connectivity index (χ0n) is 19.7. The highest BCUT2D eigenvalue weighted by atomic mass is 16.6. The molecule has 0 saturated carbocycles. The Labute approximate surface area is 197 Å². The number of fused-ring (bicyclic) bond motifs is 2. The number of pyridine rings is 1. The third-order valence-electron chi connectivity index (χ3n) is 5.94. The van der Waals surface area contributed by atoms with E-state index >= 15 is 0 Å². The maximum Gasteiger partial charge on any atom is 0.410 e. The maximum atomic E-state index is 12.9. The second-order valence-electron chi connectivity index (χ2n) is 9.54. The summed E-state index contributed by atoms with van der Waals surface area (Å²) in [4.78, 5) is 22.3.